The fourth-order valence-corrected chi connectivity index (χ4v) is 1.89. The Morgan fingerprint density at radius 2 is 1.94 bits per heavy atom. The third-order valence-corrected chi connectivity index (χ3v) is 2.79. The van der Waals surface area contributed by atoms with Crippen LogP contribution in [0, 0.1) is 0 Å². The molecule has 94 valence electrons. The summed E-state index contributed by atoms with van der Waals surface area (Å²) in [4.78, 5) is 0. The van der Waals surface area contributed by atoms with Gasteiger partial charge in [0, 0.05) is 12.6 Å². The summed E-state index contributed by atoms with van der Waals surface area (Å²) in [6.07, 6.45) is 7.84. The summed E-state index contributed by atoms with van der Waals surface area (Å²) in [6.45, 7) is 1.76. The molecule has 0 aliphatic heterocycles. The molecule has 0 bridgehead atoms. The van der Waals surface area contributed by atoms with Crippen molar-refractivity contribution in [3.05, 3.63) is 12.2 Å². The van der Waals surface area contributed by atoms with Crippen LogP contribution in [0.5, 0.6) is 0 Å². The van der Waals surface area contributed by atoms with E-state index in [1.165, 1.54) is 0 Å². The fourth-order valence-electron chi connectivity index (χ4n) is 1.89. The highest BCUT2D eigenvalue weighted by atomic mass is 16.5. The molecule has 0 saturated carbocycles. The average molecular weight is 229 g/mol. The first kappa shape index (κ1) is 13.6. The Morgan fingerprint density at radius 3 is 2.69 bits per heavy atom. The van der Waals surface area contributed by atoms with Gasteiger partial charge in [-0.15, -0.1) is 0 Å². The largest absolute Gasteiger partial charge is 0.394 e. The van der Waals surface area contributed by atoms with E-state index in [1.807, 2.05) is 0 Å². The second-order valence-electron chi connectivity index (χ2n) is 4.09. The van der Waals surface area contributed by atoms with E-state index in [0.29, 0.717) is 13.2 Å². The Hall–Kier alpha value is -0.420. The molecule has 2 atom stereocenters. The van der Waals surface area contributed by atoms with Crippen LogP contribution in [0.25, 0.3) is 0 Å². The van der Waals surface area contributed by atoms with E-state index in [1.54, 1.807) is 0 Å². The zero-order chi connectivity index (χ0) is 11.6. The summed E-state index contributed by atoms with van der Waals surface area (Å²) in [7, 11) is 0. The van der Waals surface area contributed by atoms with Gasteiger partial charge in [0.15, 0.2) is 0 Å². The van der Waals surface area contributed by atoms with Crippen LogP contribution >= 0.6 is 0 Å². The number of ether oxygens (including phenoxy) is 1. The first-order chi connectivity index (χ1) is 7.84. The van der Waals surface area contributed by atoms with Crippen LogP contribution in [0.4, 0.5) is 0 Å². The SMILES string of the molecule is OCCOCCN[C@H]1CC/C=C\CC[C@@H]1O. The predicted octanol–water partition coefficient (Wildman–Crippen LogP) is 0.445. The van der Waals surface area contributed by atoms with E-state index < -0.39 is 0 Å². The van der Waals surface area contributed by atoms with Gasteiger partial charge in [-0.05, 0) is 25.7 Å². The summed E-state index contributed by atoms with van der Waals surface area (Å²) in [5, 5.41) is 21.7. The molecule has 4 heteroatoms. The van der Waals surface area contributed by atoms with Crippen molar-refractivity contribution in [1.82, 2.24) is 5.32 Å². The van der Waals surface area contributed by atoms with E-state index in [4.69, 9.17) is 9.84 Å². The zero-order valence-electron chi connectivity index (χ0n) is 9.77. The van der Waals surface area contributed by atoms with Crippen LogP contribution in [-0.4, -0.2) is 48.7 Å². The Morgan fingerprint density at radius 1 is 1.19 bits per heavy atom. The molecular weight excluding hydrogens is 206 g/mol. The summed E-state index contributed by atoms with van der Waals surface area (Å²) in [5.41, 5.74) is 0. The normalized spacial score (nSPS) is 28.4. The average Bonchev–Trinajstić information content (AvgIpc) is 2.27. The maximum atomic E-state index is 9.90. The third kappa shape index (κ3) is 5.61. The number of hydrogen-bond acceptors (Lipinski definition) is 4. The summed E-state index contributed by atoms with van der Waals surface area (Å²) in [6, 6.07) is 0.169. The van der Waals surface area contributed by atoms with E-state index in [2.05, 4.69) is 17.5 Å². The van der Waals surface area contributed by atoms with Gasteiger partial charge in [-0.25, -0.2) is 0 Å². The van der Waals surface area contributed by atoms with Crippen molar-refractivity contribution in [1.29, 1.82) is 0 Å². The highest BCUT2D eigenvalue weighted by molar-refractivity contribution is 4.90. The van der Waals surface area contributed by atoms with Crippen molar-refractivity contribution < 1.29 is 14.9 Å². The van der Waals surface area contributed by atoms with Crippen molar-refractivity contribution >= 4 is 0 Å². The third-order valence-electron chi connectivity index (χ3n) is 2.79. The lowest BCUT2D eigenvalue weighted by molar-refractivity contribution is 0.0797. The van der Waals surface area contributed by atoms with E-state index >= 15 is 0 Å². The molecule has 0 radical (unpaired) electrons. The number of rotatable bonds is 6. The lowest BCUT2D eigenvalue weighted by Gasteiger charge is -2.24. The van der Waals surface area contributed by atoms with Gasteiger partial charge in [0.1, 0.15) is 0 Å². The van der Waals surface area contributed by atoms with Crippen molar-refractivity contribution in [2.45, 2.75) is 37.8 Å². The number of aliphatic hydroxyl groups excluding tert-OH is 2. The van der Waals surface area contributed by atoms with Crippen molar-refractivity contribution in [3.8, 4) is 0 Å². The van der Waals surface area contributed by atoms with Gasteiger partial charge in [0.05, 0.1) is 25.9 Å². The molecule has 0 aromatic rings. The molecular formula is C12H23NO3. The Bertz CT molecular complexity index is 197. The van der Waals surface area contributed by atoms with Crippen molar-refractivity contribution in [2.75, 3.05) is 26.4 Å². The highest BCUT2D eigenvalue weighted by Gasteiger charge is 2.18. The highest BCUT2D eigenvalue weighted by Crippen LogP contribution is 2.12. The monoisotopic (exact) mass is 229 g/mol. The molecule has 0 spiro atoms. The first-order valence-corrected chi connectivity index (χ1v) is 6.09. The van der Waals surface area contributed by atoms with Crippen LogP contribution in [0.2, 0.25) is 0 Å². The van der Waals surface area contributed by atoms with Crippen LogP contribution in [-0.2, 0) is 4.74 Å². The minimum Gasteiger partial charge on any atom is -0.394 e. The number of allylic oxidation sites excluding steroid dienone is 2. The lowest BCUT2D eigenvalue weighted by atomic mass is 9.98. The van der Waals surface area contributed by atoms with Gasteiger partial charge in [0.25, 0.3) is 0 Å². The lowest BCUT2D eigenvalue weighted by Crippen LogP contribution is -2.41. The van der Waals surface area contributed by atoms with Gasteiger partial charge < -0.3 is 20.3 Å². The molecule has 0 fully saturated rings. The Labute approximate surface area is 97.3 Å². The minimum absolute atomic E-state index is 0.0663. The summed E-state index contributed by atoms with van der Waals surface area (Å²) < 4.78 is 5.16. The molecule has 4 nitrogen and oxygen atoms in total. The van der Waals surface area contributed by atoms with Crippen molar-refractivity contribution in [2.24, 2.45) is 0 Å². The predicted molar refractivity (Wildman–Crippen MR) is 63.3 cm³/mol. The number of aliphatic hydroxyl groups is 2. The van der Waals surface area contributed by atoms with E-state index in [-0.39, 0.29) is 18.8 Å². The summed E-state index contributed by atoms with van der Waals surface area (Å²) >= 11 is 0. The molecule has 0 aromatic carbocycles. The first-order valence-electron chi connectivity index (χ1n) is 6.09. The molecule has 1 aliphatic rings. The van der Waals surface area contributed by atoms with E-state index in [9.17, 15) is 5.11 Å². The molecule has 16 heavy (non-hydrogen) atoms. The van der Waals surface area contributed by atoms with Gasteiger partial charge >= 0.3 is 0 Å². The second-order valence-corrected chi connectivity index (χ2v) is 4.09. The van der Waals surface area contributed by atoms with Crippen LogP contribution in [0.1, 0.15) is 25.7 Å². The smallest absolute Gasteiger partial charge is 0.0698 e. The Balaban J connectivity index is 2.15. The fraction of sp³-hybridized carbons (Fsp3) is 0.833. The second kappa shape index (κ2) is 8.70. The number of hydrogen-bond donors (Lipinski definition) is 3. The van der Waals surface area contributed by atoms with Crippen LogP contribution < -0.4 is 5.32 Å². The maximum absolute atomic E-state index is 9.90. The summed E-state index contributed by atoms with van der Waals surface area (Å²) in [5.74, 6) is 0. The molecule has 0 saturated heterocycles. The zero-order valence-corrected chi connectivity index (χ0v) is 9.77. The van der Waals surface area contributed by atoms with Gasteiger partial charge in [-0.2, -0.15) is 0 Å². The topological polar surface area (TPSA) is 61.7 Å². The minimum atomic E-state index is -0.261. The molecule has 0 unspecified atom stereocenters. The van der Waals surface area contributed by atoms with Crippen LogP contribution in [0.3, 0.4) is 0 Å². The molecule has 0 amide bonds. The van der Waals surface area contributed by atoms with Gasteiger partial charge in [-0.3, -0.25) is 0 Å². The van der Waals surface area contributed by atoms with Gasteiger partial charge in [-0.1, -0.05) is 12.2 Å². The standard InChI is InChI=1S/C12H23NO3/c14-8-10-16-9-7-13-11-5-3-1-2-4-6-12(11)15/h1-2,11-15H,3-10H2/b2-1-/t11-,12-/m0/s1. The van der Waals surface area contributed by atoms with Crippen LogP contribution in [0.15, 0.2) is 12.2 Å². The maximum Gasteiger partial charge on any atom is 0.0698 e. The van der Waals surface area contributed by atoms with Crippen molar-refractivity contribution in [3.63, 3.8) is 0 Å². The molecule has 1 rings (SSSR count). The molecule has 1 aliphatic carbocycles. The number of nitrogens with one attached hydrogen (secondary N) is 1. The molecule has 0 aromatic heterocycles. The van der Waals surface area contributed by atoms with E-state index in [0.717, 1.165) is 32.2 Å². The quantitative estimate of drug-likeness (QED) is 0.457. The molecule has 0 heterocycles. The Kier molecular flexibility index (Phi) is 7.42. The molecule has 3 N–H and O–H groups in total. The van der Waals surface area contributed by atoms with Gasteiger partial charge in [0.2, 0.25) is 0 Å².